The molecular formula is C51H34N2O. The van der Waals surface area contributed by atoms with E-state index in [9.17, 15) is 0 Å². The Hall–Kier alpha value is -7.23. The monoisotopic (exact) mass is 690 g/mol. The molecule has 1 aromatic heterocycles. The Morgan fingerprint density at radius 3 is 1.41 bits per heavy atom. The highest BCUT2D eigenvalue weighted by atomic mass is 16.3. The Labute approximate surface area is 314 Å². The van der Waals surface area contributed by atoms with Crippen LogP contribution < -0.4 is 4.90 Å². The van der Waals surface area contributed by atoms with Crippen molar-refractivity contribution in [3.63, 3.8) is 0 Å². The van der Waals surface area contributed by atoms with Gasteiger partial charge in [0.25, 0.3) is 0 Å². The second kappa shape index (κ2) is 13.4. The van der Waals surface area contributed by atoms with Crippen LogP contribution in [-0.4, -0.2) is 4.98 Å². The molecular weight excluding hydrogens is 657 g/mol. The molecule has 0 saturated carbocycles. The third kappa shape index (κ3) is 5.69. The molecule has 0 unspecified atom stereocenters. The van der Waals surface area contributed by atoms with Gasteiger partial charge in [0.1, 0.15) is 5.52 Å². The highest BCUT2D eigenvalue weighted by Crippen LogP contribution is 2.44. The second-order valence-corrected chi connectivity index (χ2v) is 13.6. The predicted octanol–water partition coefficient (Wildman–Crippen LogP) is 14.3. The molecule has 0 amide bonds. The van der Waals surface area contributed by atoms with Gasteiger partial charge in [-0.15, -0.1) is 0 Å². The molecule has 0 N–H and O–H groups in total. The summed E-state index contributed by atoms with van der Waals surface area (Å²) in [5, 5.41) is 4.42. The molecule has 0 saturated heterocycles. The molecule has 0 atom stereocenters. The molecule has 0 bridgehead atoms. The Morgan fingerprint density at radius 2 is 0.852 bits per heavy atom. The maximum Gasteiger partial charge on any atom is 0.227 e. The number of rotatable bonds is 7. The Morgan fingerprint density at radius 1 is 0.370 bits per heavy atom. The van der Waals surface area contributed by atoms with E-state index in [4.69, 9.17) is 9.40 Å². The lowest BCUT2D eigenvalue weighted by molar-refractivity contribution is 0.623. The summed E-state index contributed by atoms with van der Waals surface area (Å²) < 4.78 is 6.68. The van der Waals surface area contributed by atoms with Crippen molar-refractivity contribution in [1.82, 2.24) is 4.98 Å². The first kappa shape index (κ1) is 31.5. The van der Waals surface area contributed by atoms with E-state index in [-0.39, 0.29) is 0 Å². The summed E-state index contributed by atoms with van der Waals surface area (Å²) in [6.45, 7) is 0. The number of anilines is 3. The number of hydrogen-bond acceptors (Lipinski definition) is 3. The van der Waals surface area contributed by atoms with Crippen molar-refractivity contribution in [1.29, 1.82) is 0 Å². The highest BCUT2D eigenvalue weighted by molar-refractivity contribution is 6.22. The lowest BCUT2D eigenvalue weighted by atomic mass is 9.92. The molecule has 0 aliphatic heterocycles. The molecule has 10 aromatic rings. The van der Waals surface area contributed by atoms with Gasteiger partial charge >= 0.3 is 0 Å². The summed E-state index contributed by atoms with van der Waals surface area (Å²) in [6, 6.07) is 72.9. The molecule has 10 rings (SSSR count). The van der Waals surface area contributed by atoms with Crippen LogP contribution in [0.1, 0.15) is 0 Å². The first-order chi connectivity index (χ1) is 26.8. The third-order valence-corrected chi connectivity index (χ3v) is 10.3. The summed E-state index contributed by atoms with van der Waals surface area (Å²) in [6.07, 6.45) is 0. The number of oxazole rings is 1. The molecule has 0 aliphatic rings. The molecule has 3 heteroatoms. The van der Waals surface area contributed by atoms with Gasteiger partial charge in [0.15, 0.2) is 5.58 Å². The fourth-order valence-corrected chi connectivity index (χ4v) is 7.63. The zero-order chi connectivity index (χ0) is 35.8. The quantitative estimate of drug-likeness (QED) is 0.156. The summed E-state index contributed by atoms with van der Waals surface area (Å²) in [7, 11) is 0. The molecule has 0 aliphatic carbocycles. The zero-order valence-corrected chi connectivity index (χ0v) is 29.4. The topological polar surface area (TPSA) is 29.3 Å². The molecule has 54 heavy (non-hydrogen) atoms. The van der Waals surface area contributed by atoms with Crippen LogP contribution in [0, 0.1) is 0 Å². The lowest BCUT2D eigenvalue weighted by Crippen LogP contribution is -2.10. The SMILES string of the molecule is c1ccc(-c2ccc(N(c3ccc(-c4ccccc4)cc3)c3ccc4c(-c5ccccc5)cc5ccc6nc(-c7ccccc7)oc6c5c4c3)cc2)cc1. The summed E-state index contributed by atoms with van der Waals surface area (Å²) in [4.78, 5) is 7.31. The van der Waals surface area contributed by atoms with Gasteiger partial charge in [-0.2, -0.15) is 0 Å². The molecule has 3 nitrogen and oxygen atoms in total. The normalized spacial score (nSPS) is 11.3. The van der Waals surface area contributed by atoms with Gasteiger partial charge in [-0.3, -0.25) is 0 Å². The van der Waals surface area contributed by atoms with Gasteiger partial charge in [0, 0.05) is 28.0 Å². The first-order valence-corrected chi connectivity index (χ1v) is 18.3. The number of fused-ring (bicyclic) bond motifs is 5. The van der Waals surface area contributed by atoms with Crippen molar-refractivity contribution in [3.8, 4) is 44.8 Å². The number of benzene rings is 9. The summed E-state index contributed by atoms with van der Waals surface area (Å²) in [5.74, 6) is 0.619. The maximum absolute atomic E-state index is 6.68. The second-order valence-electron chi connectivity index (χ2n) is 13.6. The van der Waals surface area contributed by atoms with Crippen molar-refractivity contribution >= 4 is 49.7 Å². The largest absolute Gasteiger partial charge is 0.435 e. The van der Waals surface area contributed by atoms with Crippen LogP contribution in [0.2, 0.25) is 0 Å². The van der Waals surface area contributed by atoms with Gasteiger partial charge in [0.2, 0.25) is 5.89 Å². The van der Waals surface area contributed by atoms with Crippen LogP contribution in [-0.2, 0) is 0 Å². The Balaban J connectivity index is 1.20. The van der Waals surface area contributed by atoms with Crippen molar-refractivity contribution in [2.45, 2.75) is 0 Å². The van der Waals surface area contributed by atoms with Crippen molar-refractivity contribution in [2.75, 3.05) is 4.90 Å². The first-order valence-electron chi connectivity index (χ1n) is 18.3. The molecule has 1 heterocycles. The van der Waals surface area contributed by atoms with E-state index in [0.29, 0.717) is 5.89 Å². The molecule has 0 radical (unpaired) electrons. The number of nitrogens with zero attached hydrogens (tertiary/aromatic N) is 2. The third-order valence-electron chi connectivity index (χ3n) is 10.3. The minimum Gasteiger partial charge on any atom is -0.435 e. The van der Waals surface area contributed by atoms with E-state index in [0.717, 1.165) is 55.3 Å². The van der Waals surface area contributed by atoms with Gasteiger partial charge < -0.3 is 9.32 Å². The van der Waals surface area contributed by atoms with E-state index in [1.54, 1.807) is 0 Å². The predicted molar refractivity (Wildman–Crippen MR) is 225 cm³/mol. The van der Waals surface area contributed by atoms with Gasteiger partial charge in [-0.05, 0) is 110 Å². The van der Waals surface area contributed by atoms with E-state index in [2.05, 4.69) is 181 Å². The van der Waals surface area contributed by atoms with Crippen LogP contribution in [0.25, 0.3) is 77.5 Å². The van der Waals surface area contributed by atoms with Crippen LogP contribution in [0.4, 0.5) is 17.1 Å². The summed E-state index contributed by atoms with van der Waals surface area (Å²) >= 11 is 0. The summed E-state index contributed by atoms with van der Waals surface area (Å²) in [5.41, 5.74) is 12.9. The van der Waals surface area contributed by atoms with Gasteiger partial charge in [0.05, 0.1) is 0 Å². The molecule has 0 fully saturated rings. The van der Waals surface area contributed by atoms with E-state index < -0.39 is 0 Å². The molecule has 0 spiro atoms. The minimum atomic E-state index is 0.619. The number of hydrogen-bond donors (Lipinski definition) is 0. The highest BCUT2D eigenvalue weighted by Gasteiger charge is 2.19. The fraction of sp³-hybridized carbons (Fsp3) is 0. The Bertz CT molecular complexity index is 2800. The molecule has 9 aromatic carbocycles. The van der Waals surface area contributed by atoms with E-state index in [1.807, 2.05) is 30.3 Å². The number of aromatic nitrogens is 1. The van der Waals surface area contributed by atoms with Gasteiger partial charge in [-0.1, -0.05) is 146 Å². The maximum atomic E-state index is 6.68. The zero-order valence-electron chi connectivity index (χ0n) is 29.4. The van der Waals surface area contributed by atoms with Gasteiger partial charge in [-0.25, -0.2) is 4.98 Å². The van der Waals surface area contributed by atoms with Crippen LogP contribution in [0.3, 0.4) is 0 Å². The molecule has 254 valence electrons. The fourth-order valence-electron chi connectivity index (χ4n) is 7.63. The van der Waals surface area contributed by atoms with Crippen LogP contribution in [0.5, 0.6) is 0 Å². The Kier molecular flexibility index (Phi) is 7.81. The van der Waals surface area contributed by atoms with E-state index in [1.165, 1.54) is 33.4 Å². The minimum absolute atomic E-state index is 0.619. The van der Waals surface area contributed by atoms with Crippen LogP contribution >= 0.6 is 0 Å². The smallest absolute Gasteiger partial charge is 0.227 e. The van der Waals surface area contributed by atoms with E-state index >= 15 is 0 Å². The van der Waals surface area contributed by atoms with Crippen molar-refractivity contribution in [2.24, 2.45) is 0 Å². The lowest BCUT2D eigenvalue weighted by Gasteiger charge is -2.27. The standard InChI is InChI=1S/C51H34N2O/c1-5-13-35(14-6-1)37-21-26-42(27-22-37)53(43-28-23-38(24-29-43)36-15-7-2-8-16-36)44-30-31-45-46(39-17-9-3-10-18-39)33-41-25-32-48-50(49(41)47(45)34-44)54-51(52-48)40-19-11-4-12-20-40/h1-34H. The van der Waals surface area contributed by atoms with Crippen molar-refractivity contribution < 1.29 is 4.42 Å². The van der Waals surface area contributed by atoms with Crippen LogP contribution in [0.15, 0.2) is 211 Å². The average Bonchev–Trinajstić information content (AvgIpc) is 3.70. The average molecular weight is 691 g/mol. The van der Waals surface area contributed by atoms with Crippen molar-refractivity contribution in [3.05, 3.63) is 206 Å².